The number of hydrogen-bond acceptors (Lipinski definition) is 6. The lowest BCUT2D eigenvalue weighted by molar-refractivity contribution is 0.215. The largest absolute Gasteiger partial charge is 0.490 e. The van der Waals surface area contributed by atoms with E-state index in [2.05, 4.69) is 15.0 Å². The first kappa shape index (κ1) is 17.6. The summed E-state index contributed by atoms with van der Waals surface area (Å²) in [6.07, 6.45) is 6.89. The number of aromatic nitrogens is 1. The summed E-state index contributed by atoms with van der Waals surface area (Å²) in [7, 11) is 1.47. The zero-order chi connectivity index (χ0) is 17.4. The van der Waals surface area contributed by atoms with Crippen LogP contribution in [0.2, 0.25) is 0 Å². The fraction of sp³-hybridized carbons (Fsp3) is 0.333. The monoisotopic (exact) mass is 330 g/mol. The molecule has 0 bridgehead atoms. The van der Waals surface area contributed by atoms with Crippen molar-refractivity contribution in [2.24, 2.45) is 5.16 Å². The number of nitrogens with zero attached hydrogens (tertiary/aromatic N) is 2. The molecule has 0 aliphatic heterocycles. The Bertz CT molecular complexity index is 697. The third-order valence-electron chi connectivity index (χ3n) is 3.22. The molecule has 0 aliphatic carbocycles. The van der Waals surface area contributed by atoms with E-state index in [4.69, 9.17) is 13.9 Å². The highest BCUT2D eigenvalue weighted by molar-refractivity contribution is 5.75. The van der Waals surface area contributed by atoms with Gasteiger partial charge in [0.1, 0.15) is 37.2 Å². The minimum atomic E-state index is 0.237. The van der Waals surface area contributed by atoms with Gasteiger partial charge in [-0.15, -0.1) is 0 Å². The first-order valence-electron chi connectivity index (χ1n) is 7.63. The molecular weight excluding hydrogens is 308 g/mol. The van der Waals surface area contributed by atoms with E-state index in [9.17, 15) is 0 Å². The summed E-state index contributed by atoms with van der Waals surface area (Å²) in [5, 5.41) is 3.64. The molecule has 6 heteroatoms. The van der Waals surface area contributed by atoms with Crippen LogP contribution in [-0.2, 0) is 11.4 Å². The number of hydrogen-bond donors (Lipinski definition) is 0. The van der Waals surface area contributed by atoms with Gasteiger partial charge in [-0.05, 0) is 44.0 Å². The summed E-state index contributed by atoms with van der Waals surface area (Å²) in [6.45, 7) is 6.72. The minimum absolute atomic E-state index is 0.237. The molecule has 2 aromatic rings. The molecule has 0 fully saturated rings. The molecule has 0 saturated carbocycles. The Morgan fingerprint density at radius 3 is 2.62 bits per heavy atom. The molecule has 128 valence electrons. The maximum absolute atomic E-state index is 5.85. The van der Waals surface area contributed by atoms with Crippen LogP contribution in [0.25, 0.3) is 0 Å². The van der Waals surface area contributed by atoms with E-state index in [0.717, 1.165) is 22.6 Å². The van der Waals surface area contributed by atoms with Crippen LogP contribution in [0.15, 0.2) is 40.1 Å². The Kier molecular flexibility index (Phi) is 6.42. The predicted molar refractivity (Wildman–Crippen MR) is 91.7 cm³/mol. The lowest BCUT2D eigenvalue weighted by atomic mass is 10.1. The van der Waals surface area contributed by atoms with E-state index in [1.807, 2.05) is 45.1 Å². The Hall–Kier alpha value is -2.76. The van der Waals surface area contributed by atoms with Gasteiger partial charge in [-0.25, -0.2) is 4.98 Å². The average Bonchev–Trinajstić information content (AvgIpc) is 3.00. The normalized spacial score (nSPS) is 11.3. The molecule has 0 saturated heterocycles. The number of oxazole rings is 1. The van der Waals surface area contributed by atoms with Gasteiger partial charge < -0.3 is 18.7 Å². The molecule has 1 heterocycles. The van der Waals surface area contributed by atoms with Crippen LogP contribution in [0.1, 0.15) is 29.6 Å². The van der Waals surface area contributed by atoms with Gasteiger partial charge in [0.15, 0.2) is 6.61 Å². The Morgan fingerprint density at radius 2 is 1.96 bits per heavy atom. The molecule has 24 heavy (non-hydrogen) atoms. The van der Waals surface area contributed by atoms with Crippen molar-refractivity contribution in [3.8, 4) is 11.5 Å². The molecule has 6 nitrogen and oxygen atoms in total. The standard InChI is InChI=1S/C18H22N2O4/c1-5-6-7-22-16-8-13(2)18(14(3)9-16)24-12-17-20-15(11-23-17)10-19-21-4/h5-6,8-11H,7,12H2,1-4H3/b6-5+,19-10?. The van der Waals surface area contributed by atoms with Gasteiger partial charge in [-0.1, -0.05) is 17.3 Å². The molecule has 1 aromatic heterocycles. The van der Waals surface area contributed by atoms with Gasteiger partial charge in [0.25, 0.3) is 0 Å². The molecule has 0 spiro atoms. The molecule has 0 atom stereocenters. The average molecular weight is 330 g/mol. The van der Waals surface area contributed by atoms with E-state index >= 15 is 0 Å². The van der Waals surface area contributed by atoms with Crippen LogP contribution >= 0.6 is 0 Å². The van der Waals surface area contributed by atoms with Crippen LogP contribution in [0.5, 0.6) is 11.5 Å². The number of aryl methyl sites for hydroxylation is 2. The van der Waals surface area contributed by atoms with E-state index in [-0.39, 0.29) is 6.61 Å². The van der Waals surface area contributed by atoms with E-state index in [1.165, 1.54) is 19.6 Å². The molecule has 0 radical (unpaired) electrons. The molecule has 1 aromatic carbocycles. The number of rotatable bonds is 8. The van der Waals surface area contributed by atoms with Gasteiger partial charge in [0, 0.05) is 0 Å². The summed E-state index contributed by atoms with van der Waals surface area (Å²) in [4.78, 5) is 8.84. The quantitative estimate of drug-likeness (QED) is 0.418. The first-order chi connectivity index (χ1) is 11.6. The smallest absolute Gasteiger partial charge is 0.232 e. The second-order valence-corrected chi connectivity index (χ2v) is 5.14. The second-order valence-electron chi connectivity index (χ2n) is 5.14. The number of ether oxygens (including phenoxy) is 2. The van der Waals surface area contributed by atoms with E-state index in [0.29, 0.717) is 18.2 Å². The molecule has 0 N–H and O–H groups in total. The van der Waals surface area contributed by atoms with Crippen LogP contribution in [-0.4, -0.2) is 24.9 Å². The lowest BCUT2D eigenvalue weighted by Gasteiger charge is -2.13. The predicted octanol–water partition coefficient (Wildman–Crippen LogP) is 3.81. The highest BCUT2D eigenvalue weighted by Gasteiger charge is 2.10. The van der Waals surface area contributed by atoms with Gasteiger partial charge in [0.2, 0.25) is 5.89 Å². The van der Waals surface area contributed by atoms with Crippen molar-refractivity contribution >= 4 is 6.21 Å². The van der Waals surface area contributed by atoms with Crippen molar-refractivity contribution in [3.05, 3.63) is 53.3 Å². The summed E-state index contributed by atoms with van der Waals surface area (Å²) in [6, 6.07) is 3.91. The zero-order valence-electron chi connectivity index (χ0n) is 14.4. The molecule has 0 amide bonds. The van der Waals surface area contributed by atoms with Crippen molar-refractivity contribution < 1.29 is 18.7 Å². The van der Waals surface area contributed by atoms with Crippen molar-refractivity contribution in [2.75, 3.05) is 13.7 Å². The molecule has 0 unspecified atom stereocenters. The number of allylic oxidation sites excluding steroid dienone is 1. The van der Waals surface area contributed by atoms with Crippen molar-refractivity contribution in [1.82, 2.24) is 4.98 Å². The molecule has 2 rings (SSSR count). The minimum Gasteiger partial charge on any atom is -0.490 e. The van der Waals surface area contributed by atoms with E-state index < -0.39 is 0 Å². The zero-order valence-corrected chi connectivity index (χ0v) is 14.4. The van der Waals surface area contributed by atoms with Crippen molar-refractivity contribution in [1.29, 1.82) is 0 Å². The molecule has 0 aliphatic rings. The van der Waals surface area contributed by atoms with Crippen LogP contribution in [0.4, 0.5) is 0 Å². The highest BCUT2D eigenvalue weighted by atomic mass is 16.6. The van der Waals surface area contributed by atoms with Gasteiger partial charge in [-0.3, -0.25) is 0 Å². The van der Waals surface area contributed by atoms with Crippen molar-refractivity contribution in [3.63, 3.8) is 0 Å². The van der Waals surface area contributed by atoms with Crippen LogP contribution < -0.4 is 9.47 Å². The topological polar surface area (TPSA) is 66.1 Å². The Morgan fingerprint density at radius 1 is 1.21 bits per heavy atom. The van der Waals surface area contributed by atoms with Crippen LogP contribution in [0, 0.1) is 13.8 Å². The fourth-order valence-corrected chi connectivity index (χ4v) is 2.15. The molecular formula is C18H22N2O4. The maximum atomic E-state index is 5.85. The summed E-state index contributed by atoms with van der Waals surface area (Å²) >= 11 is 0. The van der Waals surface area contributed by atoms with E-state index in [1.54, 1.807) is 0 Å². The summed E-state index contributed by atoms with van der Waals surface area (Å²) < 4.78 is 16.9. The SMILES string of the molecule is C/C=C/COc1cc(C)c(OCc2nc(C=NOC)co2)c(C)c1. The summed E-state index contributed by atoms with van der Waals surface area (Å²) in [5.41, 5.74) is 2.58. The third-order valence-corrected chi connectivity index (χ3v) is 3.22. The number of oxime groups is 1. The summed E-state index contributed by atoms with van der Waals surface area (Å²) in [5.74, 6) is 2.10. The van der Waals surface area contributed by atoms with Crippen molar-refractivity contribution in [2.45, 2.75) is 27.4 Å². The van der Waals surface area contributed by atoms with Crippen LogP contribution in [0.3, 0.4) is 0 Å². The number of benzene rings is 1. The third kappa shape index (κ3) is 4.87. The highest BCUT2D eigenvalue weighted by Crippen LogP contribution is 2.29. The van der Waals surface area contributed by atoms with Gasteiger partial charge >= 0.3 is 0 Å². The maximum Gasteiger partial charge on any atom is 0.232 e. The Labute approximate surface area is 141 Å². The van der Waals surface area contributed by atoms with Gasteiger partial charge in [-0.2, -0.15) is 0 Å². The fourth-order valence-electron chi connectivity index (χ4n) is 2.15. The van der Waals surface area contributed by atoms with Gasteiger partial charge in [0.05, 0.1) is 6.21 Å². The first-order valence-corrected chi connectivity index (χ1v) is 7.63. The lowest BCUT2D eigenvalue weighted by Crippen LogP contribution is -2.01. The Balaban J connectivity index is 2.01. The second kappa shape index (κ2) is 8.76.